The Morgan fingerprint density at radius 3 is 2.35 bits per heavy atom. The summed E-state index contributed by atoms with van der Waals surface area (Å²) in [4.78, 5) is 12.3. The molecule has 23 heavy (non-hydrogen) atoms. The van der Waals surface area contributed by atoms with Crippen LogP contribution in [0.1, 0.15) is 31.0 Å². The Kier molecular flexibility index (Phi) is 5.63. The van der Waals surface area contributed by atoms with Gasteiger partial charge in [-0.3, -0.25) is 4.79 Å². The number of nitrogens with one attached hydrogen (secondary N) is 1. The first kappa shape index (κ1) is 16.9. The van der Waals surface area contributed by atoms with Crippen LogP contribution < -0.4 is 14.8 Å². The Bertz CT molecular complexity index is 652. The van der Waals surface area contributed by atoms with Crippen molar-refractivity contribution < 1.29 is 14.3 Å². The van der Waals surface area contributed by atoms with E-state index in [2.05, 4.69) is 5.32 Å². The van der Waals surface area contributed by atoms with Gasteiger partial charge in [0.05, 0.1) is 13.2 Å². The molecule has 1 amide bonds. The van der Waals surface area contributed by atoms with Crippen LogP contribution in [0, 0.1) is 6.92 Å². The Balaban J connectivity index is 1.94. The number of rotatable bonds is 6. The number of hydrogen-bond donors (Lipinski definition) is 1. The molecule has 4 nitrogen and oxygen atoms in total. The number of methoxy groups -OCH3 is 1. The van der Waals surface area contributed by atoms with Gasteiger partial charge in [0.2, 0.25) is 0 Å². The Labute approximate surface area is 137 Å². The van der Waals surface area contributed by atoms with Crippen LogP contribution in [0.15, 0.2) is 48.5 Å². The zero-order valence-electron chi connectivity index (χ0n) is 14.0. The third kappa shape index (κ3) is 4.74. The topological polar surface area (TPSA) is 47.6 Å². The lowest BCUT2D eigenvalue weighted by Crippen LogP contribution is -2.37. The molecule has 0 aromatic heterocycles. The van der Waals surface area contributed by atoms with Gasteiger partial charge < -0.3 is 14.8 Å². The number of ether oxygens (including phenoxy) is 2. The second-order valence-corrected chi connectivity index (χ2v) is 5.58. The highest BCUT2D eigenvalue weighted by Gasteiger charge is 2.17. The maximum absolute atomic E-state index is 12.3. The first-order chi connectivity index (χ1) is 11.0. The number of benzene rings is 2. The van der Waals surface area contributed by atoms with E-state index in [1.807, 2.05) is 62.4 Å². The molecular formula is C19H23NO3. The molecule has 4 heteroatoms. The van der Waals surface area contributed by atoms with Crippen molar-refractivity contribution in [1.82, 2.24) is 5.32 Å². The monoisotopic (exact) mass is 313 g/mol. The zero-order chi connectivity index (χ0) is 16.8. The minimum absolute atomic E-state index is 0.100. The highest BCUT2D eigenvalue weighted by Crippen LogP contribution is 2.18. The highest BCUT2D eigenvalue weighted by atomic mass is 16.5. The van der Waals surface area contributed by atoms with Crippen LogP contribution in [-0.4, -0.2) is 19.1 Å². The Morgan fingerprint density at radius 1 is 1.04 bits per heavy atom. The number of hydrogen-bond acceptors (Lipinski definition) is 3. The second kappa shape index (κ2) is 7.68. The van der Waals surface area contributed by atoms with Crippen molar-refractivity contribution in [2.75, 3.05) is 7.11 Å². The maximum Gasteiger partial charge on any atom is 0.261 e. The van der Waals surface area contributed by atoms with Crippen LogP contribution in [0.4, 0.5) is 0 Å². The van der Waals surface area contributed by atoms with E-state index in [9.17, 15) is 4.79 Å². The molecule has 0 unspecified atom stereocenters. The zero-order valence-corrected chi connectivity index (χ0v) is 14.0. The van der Waals surface area contributed by atoms with E-state index in [-0.39, 0.29) is 11.9 Å². The van der Waals surface area contributed by atoms with E-state index in [1.54, 1.807) is 14.0 Å². The molecule has 0 heterocycles. The second-order valence-electron chi connectivity index (χ2n) is 5.58. The van der Waals surface area contributed by atoms with E-state index < -0.39 is 6.10 Å². The minimum atomic E-state index is -0.558. The first-order valence-corrected chi connectivity index (χ1v) is 7.67. The van der Waals surface area contributed by atoms with E-state index in [1.165, 1.54) is 0 Å². The van der Waals surface area contributed by atoms with Gasteiger partial charge in [-0.05, 0) is 56.2 Å². The smallest absolute Gasteiger partial charge is 0.261 e. The van der Waals surface area contributed by atoms with Crippen LogP contribution in [-0.2, 0) is 4.79 Å². The van der Waals surface area contributed by atoms with Gasteiger partial charge in [-0.25, -0.2) is 0 Å². The molecule has 0 saturated heterocycles. The van der Waals surface area contributed by atoms with Crippen molar-refractivity contribution in [2.24, 2.45) is 0 Å². The van der Waals surface area contributed by atoms with Gasteiger partial charge in [-0.1, -0.05) is 24.3 Å². The van der Waals surface area contributed by atoms with Crippen LogP contribution in [0.3, 0.4) is 0 Å². The van der Waals surface area contributed by atoms with Gasteiger partial charge in [0.25, 0.3) is 5.91 Å². The van der Waals surface area contributed by atoms with E-state index in [4.69, 9.17) is 9.47 Å². The van der Waals surface area contributed by atoms with Crippen molar-refractivity contribution in [3.05, 3.63) is 59.7 Å². The number of carbonyl (C=O) groups is 1. The molecule has 0 aliphatic carbocycles. The van der Waals surface area contributed by atoms with E-state index in [0.717, 1.165) is 16.9 Å². The molecule has 0 spiro atoms. The van der Waals surface area contributed by atoms with Gasteiger partial charge >= 0.3 is 0 Å². The summed E-state index contributed by atoms with van der Waals surface area (Å²) in [6.07, 6.45) is -0.558. The van der Waals surface area contributed by atoms with Crippen LogP contribution in [0.2, 0.25) is 0 Å². The first-order valence-electron chi connectivity index (χ1n) is 7.67. The summed E-state index contributed by atoms with van der Waals surface area (Å²) in [5.74, 6) is 1.35. The lowest BCUT2D eigenvalue weighted by Gasteiger charge is -2.19. The number of amides is 1. The summed E-state index contributed by atoms with van der Waals surface area (Å²) in [6.45, 7) is 5.68. The average molecular weight is 313 g/mol. The number of aryl methyl sites for hydroxylation is 1. The summed E-state index contributed by atoms with van der Waals surface area (Å²) in [7, 11) is 1.63. The highest BCUT2D eigenvalue weighted by molar-refractivity contribution is 5.81. The molecule has 2 aromatic rings. The molecule has 0 bridgehead atoms. The minimum Gasteiger partial charge on any atom is -0.497 e. The SMILES string of the molecule is COc1ccc([C@H](C)NC(=O)[C@@H](C)Oc2cccc(C)c2)cc1. The Hall–Kier alpha value is -2.49. The molecule has 2 atom stereocenters. The van der Waals surface area contributed by atoms with Crippen molar-refractivity contribution in [3.8, 4) is 11.5 Å². The summed E-state index contributed by atoms with van der Waals surface area (Å²) >= 11 is 0. The van der Waals surface area contributed by atoms with Gasteiger partial charge in [0.1, 0.15) is 11.5 Å². The van der Waals surface area contributed by atoms with Gasteiger partial charge in [-0.2, -0.15) is 0 Å². The van der Waals surface area contributed by atoms with E-state index >= 15 is 0 Å². The fourth-order valence-electron chi connectivity index (χ4n) is 2.25. The molecule has 0 aliphatic rings. The third-order valence-corrected chi connectivity index (χ3v) is 3.65. The van der Waals surface area contributed by atoms with Crippen LogP contribution >= 0.6 is 0 Å². The fourth-order valence-corrected chi connectivity index (χ4v) is 2.25. The molecule has 0 aliphatic heterocycles. The summed E-state index contributed by atoms with van der Waals surface area (Å²) in [5.41, 5.74) is 2.11. The number of carbonyl (C=O) groups excluding carboxylic acids is 1. The standard InChI is InChI=1S/C19H23NO3/c1-13-6-5-7-18(12-13)23-15(3)19(21)20-14(2)16-8-10-17(22-4)11-9-16/h5-12,14-15H,1-4H3,(H,20,21)/t14-,15+/m0/s1. The predicted molar refractivity (Wildman–Crippen MR) is 90.8 cm³/mol. The predicted octanol–water partition coefficient (Wildman–Crippen LogP) is 3.65. The van der Waals surface area contributed by atoms with Gasteiger partial charge in [0, 0.05) is 0 Å². The molecule has 2 rings (SSSR count). The summed E-state index contributed by atoms with van der Waals surface area (Å²) < 4.78 is 10.8. The molecule has 122 valence electrons. The summed E-state index contributed by atoms with van der Waals surface area (Å²) in [5, 5.41) is 2.96. The van der Waals surface area contributed by atoms with Crippen molar-refractivity contribution >= 4 is 5.91 Å². The molecule has 1 N–H and O–H groups in total. The molecule has 2 aromatic carbocycles. The van der Waals surface area contributed by atoms with Gasteiger partial charge in [0.15, 0.2) is 6.10 Å². The fraction of sp³-hybridized carbons (Fsp3) is 0.316. The quantitative estimate of drug-likeness (QED) is 0.885. The average Bonchev–Trinajstić information content (AvgIpc) is 2.54. The summed E-state index contributed by atoms with van der Waals surface area (Å²) in [6, 6.07) is 15.2. The lowest BCUT2D eigenvalue weighted by atomic mass is 10.1. The molecular weight excluding hydrogens is 290 g/mol. The molecule has 0 fully saturated rings. The maximum atomic E-state index is 12.3. The van der Waals surface area contributed by atoms with Gasteiger partial charge in [-0.15, -0.1) is 0 Å². The lowest BCUT2D eigenvalue weighted by molar-refractivity contribution is -0.127. The van der Waals surface area contributed by atoms with Crippen molar-refractivity contribution in [3.63, 3.8) is 0 Å². The Morgan fingerprint density at radius 2 is 1.74 bits per heavy atom. The van der Waals surface area contributed by atoms with Crippen molar-refractivity contribution in [2.45, 2.75) is 32.9 Å². The van der Waals surface area contributed by atoms with Crippen LogP contribution in [0.5, 0.6) is 11.5 Å². The largest absolute Gasteiger partial charge is 0.497 e. The van der Waals surface area contributed by atoms with Crippen LogP contribution in [0.25, 0.3) is 0 Å². The molecule has 0 radical (unpaired) electrons. The van der Waals surface area contributed by atoms with Crippen molar-refractivity contribution in [1.29, 1.82) is 0 Å². The van der Waals surface area contributed by atoms with E-state index in [0.29, 0.717) is 5.75 Å². The molecule has 0 saturated carbocycles. The normalized spacial score (nSPS) is 13.0. The third-order valence-electron chi connectivity index (χ3n) is 3.65.